The molecule has 0 radical (unpaired) electrons. The summed E-state index contributed by atoms with van der Waals surface area (Å²) < 4.78 is 7.50. The van der Waals surface area contributed by atoms with E-state index >= 15 is 0 Å². The van der Waals surface area contributed by atoms with Crippen LogP contribution < -0.4 is 0 Å². The lowest BCUT2D eigenvalue weighted by Crippen LogP contribution is -2.39. The average molecular weight is 427 g/mol. The van der Waals surface area contributed by atoms with Crippen LogP contribution in [0.2, 0.25) is 0 Å². The van der Waals surface area contributed by atoms with Crippen LogP contribution >= 0.6 is 0 Å². The van der Waals surface area contributed by atoms with Crippen LogP contribution in [0, 0.1) is 20.8 Å². The van der Waals surface area contributed by atoms with Crippen molar-refractivity contribution in [3.8, 4) is 0 Å². The van der Waals surface area contributed by atoms with Crippen molar-refractivity contribution in [3.63, 3.8) is 0 Å². The van der Waals surface area contributed by atoms with E-state index in [1.807, 2.05) is 13.8 Å². The van der Waals surface area contributed by atoms with Gasteiger partial charge in [0.05, 0.1) is 16.8 Å². The highest BCUT2D eigenvalue weighted by Crippen LogP contribution is 2.40. The number of furan rings is 1. The van der Waals surface area contributed by atoms with Crippen LogP contribution in [0.5, 0.6) is 0 Å². The van der Waals surface area contributed by atoms with Crippen molar-refractivity contribution >= 4 is 17.4 Å². The molecule has 166 valence electrons. The van der Waals surface area contributed by atoms with Gasteiger partial charge in [-0.1, -0.05) is 6.42 Å². The number of nitrogens with zero attached hydrogens (tertiary/aromatic N) is 4. The molecule has 2 aliphatic rings. The fourth-order valence-corrected chi connectivity index (χ4v) is 4.69. The minimum absolute atomic E-state index is 0.0668. The number of piperidine rings is 1. The monoisotopic (exact) mass is 426 g/mol. The van der Waals surface area contributed by atoms with Crippen LogP contribution in [0.1, 0.15) is 53.8 Å². The number of likely N-dealkylation sites (tertiary alicyclic amines) is 2. The lowest BCUT2D eigenvalue weighted by Gasteiger charge is -2.30. The van der Waals surface area contributed by atoms with Crippen LogP contribution in [0.3, 0.4) is 0 Å². The molecule has 1 amide bonds. The molecule has 2 aromatic rings. The van der Waals surface area contributed by atoms with Gasteiger partial charge in [-0.2, -0.15) is 5.10 Å². The predicted molar refractivity (Wildman–Crippen MR) is 115 cm³/mol. The molecule has 2 aromatic heterocycles. The quantitative estimate of drug-likeness (QED) is 0.449. The van der Waals surface area contributed by atoms with Gasteiger partial charge in [-0.15, -0.1) is 0 Å². The summed E-state index contributed by atoms with van der Waals surface area (Å²) in [6, 6.07) is 2.83. The molecule has 0 saturated carbocycles. The van der Waals surface area contributed by atoms with Gasteiger partial charge in [-0.05, 0) is 58.8 Å². The van der Waals surface area contributed by atoms with Gasteiger partial charge in [0.25, 0.3) is 11.7 Å². The van der Waals surface area contributed by atoms with E-state index in [4.69, 9.17) is 4.42 Å². The second-order valence-electron chi connectivity index (χ2n) is 8.51. The minimum atomic E-state index is -0.752. The first-order valence-corrected chi connectivity index (χ1v) is 10.9. The lowest BCUT2D eigenvalue weighted by atomic mass is 9.98. The smallest absolute Gasteiger partial charge is 0.295 e. The molecule has 8 nitrogen and oxygen atoms in total. The summed E-state index contributed by atoms with van der Waals surface area (Å²) in [4.78, 5) is 30.0. The molecule has 2 saturated heterocycles. The highest BCUT2D eigenvalue weighted by atomic mass is 16.3. The number of hydrogen-bond donors (Lipinski definition) is 1. The number of carbonyl (C=O) groups is 2. The van der Waals surface area contributed by atoms with Crippen molar-refractivity contribution in [2.75, 3.05) is 26.2 Å². The Kier molecular flexibility index (Phi) is 5.75. The maximum absolute atomic E-state index is 13.1. The summed E-state index contributed by atoms with van der Waals surface area (Å²) >= 11 is 0. The number of aliphatic hydroxyl groups is 1. The third-order valence-corrected chi connectivity index (χ3v) is 6.42. The molecule has 4 heterocycles. The lowest BCUT2D eigenvalue weighted by molar-refractivity contribution is -0.140. The van der Waals surface area contributed by atoms with Gasteiger partial charge < -0.3 is 19.3 Å². The summed E-state index contributed by atoms with van der Waals surface area (Å²) in [6.07, 6.45) is 3.54. The Bertz CT molecular complexity index is 1040. The second-order valence-corrected chi connectivity index (χ2v) is 8.51. The van der Waals surface area contributed by atoms with Crippen LogP contribution in [0.25, 0.3) is 5.76 Å². The molecule has 1 atom stereocenters. The molecule has 1 unspecified atom stereocenters. The minimum Gasteiger partial charge on any atom is -0.507 e. The molecular formula is C23H30N4O4. The predicted octanol–water partition coefficient (Wildman–Crippen LogP) is 2.85. The van der Waals surface area contributed by atoms with Crippen molar-refractivity contribution in [1.29, 1.82) is 0 Å². The number of aromatic nitrogens is 2. The molecule has 8 heteroatoms. The number of rotatable bonds is 5. The fourth-order valence-electron chi connectivity index (χ4n) is 4.69. The summed E-state index contributed by atoms with van der Waals surface area (Å²) in [5.74, 6) is -0.308. The van der Waals surface area contributed by atoms with Crippen LogP contribution in [0.4, 0.5) is 0 Å². The highest BCUT2D eigenvalue weighted by molar-refractivity contribution is 6.46. The topological polar surface area (TPSA) is 91.8 Å². The number of Topliss-reactive ketones (excluding diaryl/α,β-unsaturated/α-hetero) is 1. The van der Waals surface area contributed by atoms with E-state index in [0.717, 1.165) is 31.6 Å². The molecular weight excluding hydrogens is 396 g/mol. The van der Waals surface area contributed by atoms with Crippen molar-refractivity contribution < 1.29 is 19.1 Å². The number of aryl methyl sites for hydroxylation is 3. The fraction of sp³-hybridized carbons (Fsp3) is 0.522. The first-order valence-electron chi connectivity index (χ1n) is 10.9. The largest absolute Gasteiger partial charge is 0.507 e. The van der Waals surface area contributed by atoms with Gasteiger partial charge in [-0.3, -0.25) is 14.3 Å². The Morgan fingerprint density at radius 2 is 1.84 bits per heavy atom. The van der Waals surface area contributed by atoms with E-state index < -0.39 is 17.7 Å². The molecule has 2 fully saturated rings. The number of ketones is 1. The van der Waals surface area contributed by atoms with Crippen LogP contribution in [0.15, 0.2) is 22.1 Å². The summed E-state index contributed by atoms with van der Waals surface area (Å²) in [5, 5.41) is 15.6. The summed E-state index contributed by atoms with van der Waals surface area (Å²) in [7, 11) is 1.78. The van der Waals surface area contributed by atoms with Crippen molar-refractivity contribution in [1.82, 2.24) is 19.6 Å². The molecule has 0 aromatic carbocycles. The van der Waals surface area contributed by atoms with E-state index in [2.05, 4.69) is 10.00 Å². The van der Waals surface area contributed by atoms with E-state index in [9.17, 15) is 14.7 Å². The first-order chi connectivity index (χ1) is 14.8. The third kappa shape index (κ3) is 3.80. The van der Waals surface area contributed by atoms with Gasteiger partial charge in [0, 0.05) is 25.8 Å². The van der Waals surface area contributed by atoms with Crippen LogP contribution in [-0.4, -0.2) is 62.6 Å². The van der Waals surface area contributed by atoms with Gasteiger partial charge in [0.15, 0.2) is 0 Å². The standard InChI is InChI=1S/C23H30N4O4/c1-14-8-9-17(31-14)20-19(21(28)18-15(2)24-25(4)16(18)3)22(29)23(30)27(20)13-12-26-10-6-5-7-11-26/h8-9,20,28H,5-7,10-13H2,1-4H3/b21-19+. The maximum Gasteiger partial charge on any atom is 0.295 e. The van der Waals surface area contributed by atoms with Crippen molar-refractivity contribution in [2.45, 2.75) is 46.1 Å². The molecule has 4 rings (SSSR count). The summed E-state index contributed by atoms with van der Waals surface area (Å²) in [5.41, 5.74) is 1.89. The van der Waals surface area contributed by atoms with E-state index in [-0.39, 0.29) is 11.3 Å². The third-order valence-electron chi connectivity index (χ3n) is 6.42. The van der Waals surface area contributed by atoms with Gasteiger partial charge in [0.2, 0.25) is 0 Å². The first kappa shape index (κ1) is 21.4. The number of amides is 1. The SMILES string of the molecule is Cc1ccc(C2/C(=C(\O)c3c(C)nn(C)c3C)C(=O)C(=O)N2CCN2CCCCC2)o1. The van der Waals surface area contributed by atoms with Gasteiger partial charge >= 0.3 is 0 Å². The van der Waals surface area contributed by atoms with Crippen molar-refractivity contribution in [3.05, 3.63) is 46.2 Å². The Balaban J connectivity index is 1.76. The molecule has 0 aliphatic carbocycles. The Morgan fingerprint density at radius 1 is 1.13 bits per heavy atom. The zero-order chi connectivity index (χ0) is 22.3. The molecule has 1 N–H and O–H groups in total. The van der Waals surface area contributed by atoms with Gasteiger partial charge in [0.1, 0.15) is 23.3 Å². The van der Waals surface area contributed by atoms with Crippen LogP contribution in [-0.2, 0) is 16.6 Å². The number of carbonyl (C=O) groups excluding carboxylic acids is 2. The molecule has 31 heavy (non-hydrogen) atoms. The maximum atomic E-state index is 13.1. The van der Waals surface area contributed by atoms with E-state index in [1.54, 1.807) is 35.7 Å². The zero-order valence-electron chi connectivity index (χ0n) is 18.6. The highest BCUT2D eigenvalue weighted by Gasteiger charge is 2.48. The normalized spacial score (nSPS) is 21.9. The van der Waals surface area contributed by atoms with Crippen molar-refractivity contribution in [2.24, 2.45) is 7.05 Å². The summed E-state index contributed by atoms with van der Waals surface area (Å²) in [6.45, 7) is 8.52. The zero-order valence-corrected chi connectivity index (χ0v) is 18.6. The van der Waals surface area contributed by atoms with Gasteiger partial charge in [-0.25, -0.2) is 0 Å². The number of hydrogen-bond acceptors (Lipinski definition) is 6. The Hall–Kier alpha value is -2.87. The number of aliphatic hydroxyl groups excluding tert-OH is 1. The average Bonchev–Trinajstić information content (AvgIpc) is 3.36. The molecule has 0 bridgehead atoms. The Morgan fingerprint density at radius 3 is 2.42 bits per heavy atom. The molecule has 2 aliphatic heterocycles. The van der Waals surface area contributed by atoms with E-state index in [0.29, 0.717) is 35.9 Å². The molecule has 0 spiro atoms. The second kappa shape index (κ2) is 8.34. The van der Waals surface area contributed by atoms with E-state index in [1.165, 1.54) is 6.42 Å². The Labute approximate surface area is 182 Å².